The molecule has 2 rings (SSSR count). The van der Waals surface area contributed by atoms with E-state index >= 15 is 0 Å². The first-order valence-corrected chi connectivity index (χ1v) is 8.23. The van der Waals surface area contributed by atoms with Crippen LogP contribution in [-0.2, 0) is 9.47 Å². The lowest BCUT2D eigenvalue weighted by atomic mass is 9.99. The smallest absolute Gasteiger partial charge is 0.407 e. The highest BCUT2D eigenvalue weighted by atomic mass is 32.2. The zero-order valence-electron chi connectivity index (χ0n) is 12.9. The van der Waals surface area contributed by atoms with Gasteiger partial charge >= 0.3 is 6.09 Å². The Hall–Kier alpha value is -1.03. The Kier molecular flexibility index (Phi) is 5.90. The van der Waals surface area contributed by atoms with Crippen LogP contribution in [0.3, 0.4) is 0 Å². The molecule has 0 aromatic rings. The number of alkyl carbamates (subject to hydrolysis) is 1. The van der Waals surface area contributed by atoms with E-state index in [0.29, 0.717) is 6.54 Å². The van der Waals surface area contributed by atoms with E-state index in [0.717, 1.165) is 11.7 Å². The van der Waals surface area contributed by atoms with Gasteiger partial charge in [-0.25, -0.2) is 4.79 Å². The molecule has 0 unspecified atom stereocenters. The van der Waals surface area contributed by atoms with E-state index in [-0.39, 0.29) is 12.0 Å². The predicted octanol–water partition coefficient (Wildman–Crippen LogP) is -0.398. The third kappa shape index (κ3) is 3.65. The minimum absolute atomic E-state index is 0.118. The number of nitrogens with zero attached hydrogens (tertiary/aromatic N) is 2. The van der Waals surface area contributed by atoms with E-state index in [1.807, 2.05) is 18.9 Å². The molecule has 5 atom stereocenters. The van der Waals surface area contributed by atoms with Crippen LogP contribution in [0.1, 0.15) is 13.8 Å². The van der Waals surface area contributed by atoms with Gasteiger partial charge in [-0.05, 0) is 13.8 Å². The molecule has 0 aromatic carbocycles. The van der Waals surface area contributed by atoms with Crippen LogP contribution in [0.2, 0.25) is 0 Å². The second-order valence-electron chi connectivity index (χ2n) is 5.19. The summed E-state index contributed by atoms with van der Waals surface area (Å²) in [7, 11) is 1.90. The third-order valence-corrected chi connectivity index (χ3v) is 4.90. The number of carbonyl (C=O) groups is 1. The average Bonchev–Trinajstić information content (AvgIpc) is 2.93. The maximum Gasteiger partial charge on any atom is 0.407 e. The summed E-state index contributed by atoms with van der Waals surface area (Å²) in [5, 5.41) is 23.6. The molecule has 2 heterocycles. The van der Waals surface area contributed by atoms with Crippen molar-refractivity contribution in [1.29, 1.82) is 0 Å². The van der Waals surface area contributed by atoms with Crippen molar-refractivity contribution in [2.24, 2.45) is 4.99 Å². The zero-order chi connectivity index (χ0) is 16.3. The maximum atomic E-state index is 11.3. The number of amidine groups is 1. The number of aliphatic imine (C=N–C) groups is 1. The van der Waals surface area contributed by atoms with E-state index in [9.17, 15) is 15.0 Å². The van der Waals surface area contributed by atoms with Crippen molar-refractivity contribution in [2.75, 3.05) is 26.7 Å². The Labute approximate surface area is 133 Å². The van der Waals surface area contributed by atoms with Gasteiger partial charge in [-0.2, -0.15) is 0 Å². The number of carbonyl (C=O) groups excluding carboxylic acids is 1. The molecule has 3 N–H and O–H groups in total. The van der Waals surface area contributed by atoms with Crippen molar-refractivity contribution in [3.05, 3.63) is 0 Å². The van der Waals surface area contributed by atoms with Gasteiger partial charge in [0.1, 0.15) is 36.4 Å². The maximum absolute atomic E-state index is 11.3. The van der Waals surface area contributed by atoms with Gasteiger partial charge in [0, 0.05) is 20.1 Å². The Morgan fingerprint density at radius 3 is 2.82 bits per heavy atom. The summed E-state index contributed by atoms with van der Waals surface area (Å²) in [6, 6.07) is -0.510. The summed E-state index contributed by atoms with van der Waals surface area (Å²) < 4.78 is 10.7. The fourth-order valence-electron chi connectivity index (χ4n) is 2.23. The summed E-state index contributed by atoms with van der Waals surface area (Å²) in [6.07, 6.45) is -3.53. The number of nitrogens with one attached hydrogen (secondary N) is 1. The molecule has 1 saturated heterocycles. The lowest BCUT2D eigenvalue weighted by molar-refractivity contribution is -0.164. The summed E-state index contributed by atoms with van der Waals surface area (Å²) >= 11 is 1.41. The molecule has 9 heteroatoms. The van der Waals surface area contributed by atoms with Crippen molar-refractivity contribution >= 4 is 23.0 Å². The monoisotopic (exact) mass is 333 g/mol. The van der Waals surface area contributed by atoms with Crippen LogP contribution in [0.25, 0.3) is 0 Å². The van der Waals surface area contributed by atoms with Gasteiger partial charge < -0.3 is 29.9 Å². The molecule has 1 amide bonds. The number of fused-ring (bicyclic) bond motifs is 1. The lowest BCUT2D eigenvalue weighted by Gasteiger charge is -2.37. The van der Waals surface area contributed by atoms with Crippen molar-refractivity contribution in [2.45, 2.75) is 43.6 Å². The number of hydrogen-bond donors (Lipinski definition) is 3. The SMILES string of the molecule is CCNC(=O)OC[C@H]1O[C@@H]2SC(N(C)CC)=N[C@@H]2[C@@H](O)[C@H]1O. The molecule has 0 aromatic heterocycles. The summed E-state index contributed by atoms with van der Waals surface area (Å²) in [5.41, 5.74) is -0.384. The van der Waals surface area contributed by atoms with E-state index in [1.165, 1.54) is 11.8 Å². The third-order valence-electron chi connectivity index (χ3n) is 3.65. The Bertz CT molecular complexity index is 436. The Morgan fingerprint density at radius 2 is 2.18 bits per heavy atom. The molecule has 2 aliphatic heterocycles. The first-order valence-electron chi connectivity index (χ1n) is 7.35. The molecule has 0 spiro atoms. The van der Waals surface area contributed by atoms with Gasteiger partial charge in [0.05, 0.1) is 0 Å². The largest absolute Gasteiger partial charge is 0.447 e. The second-order valence-corrected chi connectivity index (χ2v) is 6.25. The molecule has 126 valence electrons. The Balaban J connectivity index is 1.96. The quantitative estimate of drug-likeness (QED) is 0.643. The molecule has 22 heavy (non-hydrogen) atoms. The van der Waals surface area contributed by atoms with Crippen LogP contribution in [-0.4, -0.2) is 82.9 Å². The standard InChI is InChI=1S/C13H23N3O5S/c1-4-14-13(19)20-6-7-9(17)10(18)8-11(21-7)22-12(15-8)16(3)5-2/h7-11,17-18H,4-6H2,1-3H3,(H,14,19)/t7-,8-,9+,10-,11-/m1/s1. The number of hydrogen-bond acceptors (Lipinski definition) is 8. The molecule has 0 radical (unpaired) electrons. The van der Waals surface area contributed by atoms with Gasteiger partial charge in [0.15, 0.2) is 5.17 Å². The van der Waals surface area contributed by atoms with Gasteiger partial charge in [-0.15, -0.1) is 0 Å². The summed E-state index contributed by atoms with van der Waals surface area (Å²) in [4.78, 5) is 17.7. The lowest BCUT2D eigenvalue weighted by Crippen LogP contribution is -2.56. The van der Waals surface area contributed by atoms with Crippen molar-refractivity contribution < 1.29 is 24.5 Å². The average molecular weight is 333 g/mol. The van der Waals surface area contributed by atoms with Crippen LogP contribution < -0.4 is 5.32 Å². The second kappa shape index (κ2) is 7.49. The van der Waals surface area contributed by atoms with Crippen molar-refractivity contribution in [3.8, 4) is 0 Å². The number of amides is 1. The topological polar surface area (TPSA) is 104 Å². The molecule has 8 nitrogen and oxygen atoms in total. The fourth-order valence-corrected chi connectivity index (χ4v) is 3.49. The first-order chi connectivity index (χ1) is 10.5. The molecular weight excluding hydrogens is 310 g/mol. The zero-order valence-corrected chi connectivity index (χ0v) is 13.7. The van der Waals surface area contributed by atoms with Crippen LogP contribution >= 0.6 is 11.8 Å². The minimum atomic E-state index is -1.15. The Morgan fingerprint density at radius 1 is 1.45 bits per heavy atom. The highest BCUT2D eigenvalue weighted by molar-refractivity contribution is 8.14. The van der Waals surface area contributed by atoms with E-state index in [2.05, 4.69) is 10.3 Å². The predicted molar refractivity (Wildman–Crippen MR) is 82.8 cm³/mol. The van der Waals surface area contributed by atoms with E-state index in [4.69, 9.17) is 9.47 Å². The van der Waals surface area contributed by atoms with Crippen molar-refractivity contribution in [1.82, 2.24) is 10.2 Å². The summed E-state index contributed by atoms with van der Waals surface area (Å²) in [5.74, 6) is 0. The molecule has 0 bridgehead atoms. The molecule has 1 fully saturated rings. The number of thioether (sulfide) groups is 1. The van der Waals surface area contributed by atoms with E-state index < -0.39 is 30.4 Å². The van der Waals surface area contributed by atoms with Crippen LogP contribution in [0, 0.1) is 0 Å². The fraction of sp³-hybridized carbons (Fsp3) is 0.846. The normalized spacial score (nSPS) is 33.9. The van der Waals surface area contributed by atoms with Crippen LogP contribution in [0.4, 0.5) is 4.79 Å². The number of rotatable bonds is 4. The van der Waals surface area contributed by atoms with E-state index in [1.54, 1.807) is 6.92 Å². The van der Waals surface area contributed by atoms with Gasteiger partial charge in [-0.1, -0.05) is 11.8 Å². The van der Waals surface area contributed by atoms with Gasteiger partial charge in [-0.3, -0.25) is 4.99 Å². The number of aliphatic hydroxyl groups is 2. The highest BCUT2D eigenvalue weighted by Gasteiger charge is 2.48. The highest BCUT2D eigenvalue weighted by Crippen LogP contribution is 2.37. The van der Waals surface area contributed by atoms with Crippen LogP contribution in [0.15, 0.2) is 4.99 Å². The molecule has 2 aliphatic rings. The number of ether oxygens (including phenoxy) is 2. The molecular formula is C13H23N3O5S. The van der Waals surface area contributed by atoms with Crippen molar-refractivity contribution in [3.63, 3.8) is 0 Å². The molecule has 0 saturated carbocycles. The minimum Gasteiger partial charge on any atom is -0.447 e. The number of aliphatic hydroxyl groups excluding tert-OH is 2. The van der Waals surface area contributed by atoms with Gasteiger partial charge in [0.2, 0.25) is 0 Å². The van der Waals surface area contributed by atoms with Gasteiger partial charge in [0.25, 0.3) is 0 Å². The van der Waals surface area contributed by atoms with Crippen LogP contribution in [0.5, 0.6) is 0 Å². The molecule has 0 aliphatic carbocycles. The first kappa shape index (κ1) is 17.3. The summed E-state index contributed by atoms with van der Waals surface area (Å²) in [6.45, 7) is 4.90.